The topological polar surface area (TPSA) is 91.1 Å². The van der Waals surface area contributed by atoms with Gasteiger partial charge in [0.25, 0.3) is 5.69 Å². The Hall–Kier alpha value is -3.55. The lowest BCUT2D eigenvalue weighted by molar-refractivity contribution is -0.384. The lowest BCUT2D eigenvalue weighted by Crippen LogP contribution is -2.42. The van der Waals surface area contributed by atoms with Crippen molar-refractivity contribution >= 4 is 23.5 Å². The van der Waals surface area contributed by atoms with Crippen molar-refractivity contribution in [1.82, 2.24) is 0 Å². The quantitative estimate of drug-likeness (QED) is 0.608. The molecule has 0 saturated heterocycles. The van der Waals surface area contributed by atoms with Crippen LogP contribution < -0.4 is 14.4 Å². The van der Waals surface area contributed by atoms with Gasteiger partial charge in [-0.3, -0.25) is 15.0 Å². The van der Waals surface area contributed by atoms with Gasteiger partial charge < -0.3 is 14.2 Å². The van der Waals surface area contributed by atoms with Crippen LogP contribution in [0, 0.1) is 10.1 Å². The van der Waals surface area contributed by atoms with E-state index in [9.17, 15) is 14.9 Å². The van der Waals surface area contributed by atoms with Crippen molar-refractivity contribution in [3.05, 3.63) is 63.7 Å². The Morgan fingerprint density at radius 1 is 1.26 bits per heavy atom. The number of carbonyl (C=O) groups excluding carboxylic acids is 1. The van der Waals surface area contributed by atoms with E-state index in [1.54, 1.807) is 12.1 Å². The van der Waals surface area contributed by atoms with E-state index in [-0.39, 0.29) is 18.5 Å². The van der Waals surface area contributed by atoms with Crippen LogP contribution in [0.2, 0.25) is 0 Å². The van der Waals surface area contributed by atoms with Crippen LogP contribution in [0.25, 0.3) is 6.08 Å². The van der Waals surface area contributed by atoms with Gasteiger partial charge in [-0.05, 0) is 30.2 Å². The van der Waals surface area contributed by atoms with Gasteiger partial charge in [0, 0.05) is 17.7 Å². The number of ether oxygens (including phenoxy) is 3. The Balaban J connectivity index is 1.67. The van der Waals surface area contributed by atoms with Gasteiger partial charge in [0.2, 0.25) is 6.79 Å². The Morgan fingerprint density at radius 3 is 2.85 bits per heavy atom. The van der Waals surface area contributed by atoms with Gasteiger partial charge in [-0.1, -0.05) is 18.2 Å². The third kappa shape index (κ3) is 3.05. The minimum atomic E-state index is -0.528. The van der Waals surface area contributed by atoms with Gasteiger partial charge >= 0.3 is 6.09 Å². The maximum Gasteiger partial charge on any atom is 0.414 e. The van der Waals surface area contributed by atoms with Crippen LogP contribution >= 0.6 is 0 Å². The molecule has 1 atom stereocenters. The molecule has 0 aromatic heterocycles. The van der Waals surface area contributed by atoms with Gasteiger partial charge in [-0.2, -0.15) is 0 Å². The number of nitrogens with zero attached hydrogens (tertiary/aromatic N) is 2. The molecule has 138 valence electrons. The molecule has 2 aliphatic heterocycles. The van der Waals surface area contributed by atoms with Crippen molar-refractivity contribution in [3.63, 3.8) is 0 Å². The fraction of sp³-hybridized carbons (Fsp3) is 0.211. The number of hydrogen-bond acceptors (Lipinski definition) is 6. The summed E-state index contributed by atoms with van der Waals surface area (Å²) >= 11 is 0. The Kier molecular flexibility index (Phi) is 4.15. The summed E-state index contributed by atoms with van der Waals surface area (Å²) in [5, 5.41) is 11.0. The number of fused-ring (bicyclic) bond motifs is 2. The van der Waals surface area contributed by atoms with E-state index in [4.69, 9.17) is 14.2 Å². The first-order valence-electron chi connectivity index (χ1n) is 8.29. The second-order valence-corrected chi connectivity index (χ2v) is 6.16. The van der Waals surface area contributed by atoms with E-state index in [1.807, 2.05) is 24.3 Å². The number of amides is 1. The molecule has 2 aromatic carbocycles. The smallest absolute Gasteiger partial charge is 0.414 e. The molecular weight excluding hydrogens is 352 g/mol. The van der Waals surface area contributed by atoms with E-state index in [1.165, 1.54) is 24.1 Å². The summed E-state index contributed by atoms with van der Waals surface area (Å²) < 4.78 is 15.7. The van der Waals surface area contributed by atoms with Crippen LogP contribution in [0.3, 0.4) is 0 Å². The molecule has 1 amide bonds. The van der Waals surface area contributed by atoms with Crippen molar-refractivity contribution < 1.29 is 23.9 Å². The minimum Gasteiger partial charge on any atom is -0.454 e. The molecule has 8 nitrogen and oxygen atoms in total. The largest absolute Gasteiger partial charge is 0.454 e. The van der Waals surface area contributed by atoms with Crippen molar-refractivity contribution in [2.45, 2.75) is 12.5 Å². The lowest BCUT2D eigenvalue weighted by Gasteiger charge is -2.32. The number of carbonyl (C=O) groups is 1. The van der Waals surface area contributed by atoms with E-state index in [0.29, 0.717) is 29.2 Å². The second kappa shape index (κ2) is 6.64. The van der Waals surface area contributed by atoms with E-state index in [0.717, 1.165) is 5.56 Å². The summed E-state index contributed by atoms with van der Waals surface area (Å²) in [6.07, 6.45) is 3.63. The number of hydrogen-bond donors (Lipinski definition) is 0. The van der Waals surface area contributed by atoms with E-state index in [2.05, 4.69) is 0 Å². The zero-order chi connectivity index (χ0) is 19.0. The molecule has 0 bridgehead atoms. The first-order valence-corrected chi connectivity index (χ1v) is 8.29. The highest BCUT2D eigenvalue weighted by Gasteiger charge is 2.30. The maximum atomic E-state index is 12.4. The van der Waals surface area contributed by atoms with Gasteiger partial charge in [-0.15, -0.1) is 0 Å². The molecule has 0 N–H and O–H groups in total. The third-order valence-electron chi connectivity index (χ3n) is 4.56. The molecule has 4 rings (SSSR count). The summed E-state index contributed by atoms with van der Waals surface area (Å²) in [5.41, 5.74) is 2.10. The molecule has 2 heterocycles. The second-order valence-electron chi connectivity index (χ2n) is 6.16. The summed E-state index contributed by atoms with van der Waals surface area (Å²) in [6, 6.07) is 9.74. The first kappa shape index (κ1) is 16.9. The number of nitro groups is 1. The Bertz CT molecular complexity index is 955. The zero-order valence-electron chi connectivity index (χ0n) is 14.5. The molecule has 0 radical (unpaired) electrons. The van der Waals surface area contributed by atoms with Crippen molar-refractivity contribution in [2.75, 3.05) is 18.8 Å². The number of benzene rings is 2. The van der Waals surface area contributed by atoms with E-state index < -0.39 is 11.0 Å². The summed E-state index contributed by atoms with van der Waals surface area (Å²) in [7, 11) is 1.31. The molecular formula is C19H16N2O6. The molecule has 0 saturated carbocycles. The predicted molar refractivity (Wildman–Crippen MR) is 97.1 cm³/mol. The summed E-state index contributed by atoms with van der Waals surface area (Å²) in [4.78, 5) is 24.5. The minimum absolute atomic E-state index is 0.0302. The number of anilines is 1. The summed E-state index contributed by atoms with van der Waals surface area (Å²) in [6.45, 7) is 0.197. The van der Waals surface area contributed by atoms with Crippen LogP contribution in [-0.4, -0.2) is 31.0 Å². The lowest BCUT2D eigenvalue weighted by atomic mass is 9.97. The molecule has 2 aromatic rings. The van der Waals surface area contributed by atoms with Crippen LogP contribution in [0.5, 0.6) is 11.5 Å². The molecule has 1 unspecified atom stereocenters. The molecule has 2 aliphatic rings. The molecule has 0 spiro atoms. The first-order chi connectivity index (χ1) is 13.1. The SMILES string of the molecule is COC(=O)N1c2ccc([N+](=O)[O-])cc2C=CC1Cc1ccc2c(c1)OCO2. The molecule has 27 heavy (non-hydrogen) atoms. The third-order valence-corrected chi connectivity index (χ3v) is 4.56. The van der Waals surface area contributed by atoms with Crippen molar-refractivity contribution in [3.8, 4) is 11.5 Å². The number of non-ortho nitro benzene ring substituents is 1. The Morgan fingerprint density at radius 2 is 2.07 bits per heavy atom. The average Bonchev–Trinajstić information content (AvgIpc) is 3.14. The van der Waals surface area contributed by atoms with Crippen LogP contribution in [-0.2, 0) is 11.2 Å². The van der Waals surface area contributed by atoms with Crippen LogP contribution in [0.4, 0.5) is 16.2 Å². The number of nitro benzene ring substituents is 1. The van der Waals surface area contributed by atoms with Crippen molar-refractivity contribution in [2.24, 2.45) is 0 Å². The Labute approximate surface area is 154 Å². The highest BCUT2D eigenvalue weighted by atomic mass is 16.7. The van der Waals surface area contributed by atoms with Gasteiger partial charge in [0.15, 0.2) is 11.5 Å². The normalized spacial score (nSPS) is 16.8. The zero-order valence-corrected chi connectivity index (χ0v) is 14.5. The monoisotopic (exact) mass is 368 g/mol. The fourth-order valence-corrected chi connectivity index (χ4v) is 3.29. The molecule has 0 aliphatic carbocycles. The molecule has 0 fully saturated rings. The van der Waals surface area contributed by atoms with Crippen LogP contribution in [0.1, 0.15) is 11.1 Å². The highest BCUT2D eigenvalue weighted by molar-refractivity contribution is 5.94. The van der Waals surface area contributed by atoms with Gasteiger partial charge in [0.1, 0.15) is 0 Å². The van der Waals surface area contributed by atoms with E-state index >= 15 is 0 Å². The summed E-state index contributed by atoms with van der Waals surface area (Å²) in [5.74, 6) is 1.37. The number of methoxy groups -OCH3 is 1. The standard InChI is InChI=1S/C19H16N2O6/c1-25-19(22)20-14(8-12-2-7-17-18(9-12)27-11-26-17)4-3-13-10-15(21(23)24)5-6-16(13)20/h2-7,9-10,14H,8,11H2,1H3. The van der Waals surface area contributed by atoms with Gasteiger partial charge in [-0.25, -0.2) is 4.79 Å². The van der Waals surface area contributed by atoms with Crippen LogP contribution in [0.15, 0.2) is 42.5 Å². The van der Waals surface area contributed by atoms with Gasteiger partial charge in [0.05, 0.1) is 23.8 Å². The van der Waals surface area contributed by atoms with Crippen molar-refractivity contribution in [1.29, 1.82) is 0 Å². The fourth-order valence-electron chi connectivity index (χ4n) is 3.29. The predicted octanol–water partition coefficient (Wildman–Crippen LogP) is 3.53. The maximum absolute atomic E-state index is 12.4. The highest BCUT2D eigenvalue weighted by Crippen LogP contribution is 2.36. The molecule has 8 heteroatoms. The number of rotatable bonds is 3. The average molecular weight is 368 g/mol.